The van der Waals surface area contributed by atoms with Crippen molar-refractivity contribution in [2.45, 2.75) is 0 Å². The van der Waals surface area contributed by atoms with Gasteiger partial charge >= 0.3 is 5.97 Å². The molecule has 0 atom stereocenters. The fourth-order valence-corrected chi connectivity index (χ4v) is 3.30. The van der Waals surface area contributed by atoms with E-state index in [9.17, 15) is 23.2 Å². The molecule has 3 aromatic rings. The number of aromatic nitrogens is 1. The van der Waals surface area contributed by atoms with Gasteiger partial charge in [0.1, 0.15) is 5.01 Å². The molecule has 0 aliphatic carbocycles. The molecular formula is C18H8F2N2O4S. The number of carbonyl (C=O) groups excluding carboxylic acids is 3. The first kappa shape index (κ1) is 17.0. The van der Waals surface area contributed by atoms with Crippen molar-refractivity contribution in [3.05, 3.63) is 76.3 Å². The molecule has 1 aliphatic rings. The Labute approximate surface area is 154 Å². The van der Waals surface area contributed by atoms with E-state index < -0.39 is 29.4 Å². The number of thiazole rings is 1. The number of carbonyl (C=O) groups is 3. The number of imide groups is 1. The van der Waals surface area contributed by atoms with Gasteiger partial charge in [0.15, 0.2) is 17.3 Å². The van der Waals surface area contributed by atoms with E-state index in [4.69, 9.17) is 4.84 Å². The van der Waals surface area contributed by atoms with Crippen molar-refractivity contribution < 1.29 is 28.0 Å². The van der Waals surface area contributed by atoms with Crippen molar-refractivity contribution >= 4 is 29.1 Å². The molecule has 2 heterocycles. The molecule has 0 unspecified atom stereocenters. The third-order valence-corrected chi connectivity index (χ3v) is 4.70. The molecule has 0 N–H and O–H groups in total. The second kappa shape index (κ2) is 6.36. The van der Waals surface area contributed by atoms with E-state index in [2.05, 4.69) is 4.98 Å². The van der Waals surface area contributed by atoms with E-state index in [1.54, 1.807) is 12.1 Å². The minimum Gasteiger partial charge on any atom is -0.322 e. The third kappa shape index (κ3) is 2.87. The Kier molecular flexibility index (Phi) is 4.00. The van der Waals surface area contributed by atoms with Gasteiger partial charge in [0.25, 0.3) is 11.8 Å². The van der Waals surface area contributed by atoms with Gasteiger partial charge < -0.3 is 4.84 Å². The van der Waals surface area contributed by atoms with E-state index >= 15 is 0 Å². The zero-order chi connectivity index (χ0) is 19.1. The highest BCUT2D eigenvalue weighted by Gasteiger charge is 2.39. The highest BCUT2D eigenvalue weighted by atomic mass is 32.1. The number of hydroxylamine groups is 2. The average molecular weight is 386 g/mol. The van der Waals surface area contributed by atoms with E-state index in [1.165, 1.54) is 23.6 Å². The van der Waals surface area contributed by atoms with Gasteiger partial charge in [0.2, 0.25) is 0 Å². The topological polar surface area (TPSA) is 76.6 Å². The Bertz CT molecular complexity index is 1080. The number of amides is 2. The smallest absolute Gasteiger partial charge is 0.322 e. The van der Waals surface area contributed by atoms with Crippen molar-refractivity contribution in [1.82, 2.24) is 10.0 Å². The lowest BCUT2D eigenvalue weighted by Crippen LogP contribution is -2.32. The predicted molar refractivity (Wildman–Crippen MR) is 89.8 cm³/mol. The van der Waals surface area contributed by atoms with Crippen LogP contribution in [0.1, 0.15) is 31.2 Å². The van der Waals surface area contributed by atoms with Gasteiger partial charge in [0.05, 0.1) is 11.1 Å². The molecule has 0 bridgehead atoms. The van der Waals surface area contributed by atoms with Crippen LogP contribution in [-0.2, 0) is 4.84 Å². The molecular weight excluding hydrogens is 378 g/mol. The van der Waals surface area contributed by atoms with Crippen LogP contribution in [-0.4, -0.2) is 27.8 Å². The van der Waals surface area contributed by atoms with Gasteiger partial charge in [-0.2, -0.15) is 0 Å². The number of nitrogens with zero attached hydrogens (tertiary/aromatic N) is 2. The Balaban J connectivity index is 1.55. The molecule has 0 saturated carbocycles. The van der Waals surface area contributed by atoms with E-state index in [0.717, 1.165) is 23.5 Å². The monoisotopic (exact) mass is 386 g/mol. The van der Waals surface area contributed by atoms with Gasteiger partial charge in [-0.15, -0.1) is 11.3 Å². The summed E-state index contributed by atoms with van der Waals surface area (Å²) in [6.07, 6.45) is 0. The SMILES string of the molecule is O=C(ON1C(=O)c2ccccc2C1=O)c1csc(-c2ccc(F)c(F)c2)n1. The summed E-state index contributed by atoms with van der Waals surface area (Å²) in [7, 11) is 0. The van der Waals surface area contributed by atoms with Gasteiger partial charge in [-0.1, -0.05) is 17.2 Å². The minimum absolute atomic E-state index is 0.135. The molecule has 134 valence electrons. The van der Waals surface area contributed by atoms with Crippen molar-refractivity contribution in [1.29, 1.82) is 0 Å². The van der Waals surface area contributed by atoms with E-state index in [0.29, 0.717) is 5.06 Å². The molecule has 0 spiro atoms. The molecule has 4 rings (SSSR count). The second-order valence-corrected chi connectivity index (χ2v) is 6.35. The summed E-state index contributed by atoms with van der Waals surface area (Å²) >= 11 is 1.00. The van der Waals surface area contributed by atoms with Crippen molar-refractivity contribution in [3.63, 3.8) is 0 Å². The quantitative estimate of drug-likeness (QED) is 0.645. The molecule has 2 aromatic carbocycles. The first-order valence-electron chi connectivity index (χ1n) is 7.57. The molecule has 6 nitrogen and oxygen atoms in total. The number of rotatable bonds is 3. The first-order chi connectivity index (χ1) is 13.0. The van der Waals surface area contributed by atoms with Gasteiger partial charge in [0, 0.05) is 10.9 Å². The minimum atomic E-state index is -1.04. The van der Waals surface area contributed by atoms with Crippen LogP contribution in [0.2, 0.25) is 0 Å². The average Bonchev–Trinajstić information content (AvgIpc) is 3.25. The van der Waals surface area contributed by atoms with Gasteiger partial charge in [-0.05, 0) is 30.3 Å². The normalized spacial score (nSPS) is 13.0. The third-order valence-electron chi connectivity index (χ3n) is 3.81. The van der Waals surface area contributed by atoms with E-state index in [1.807, 2.05) is 0 Å². The van der Waals surface area contributed by atoms with Crippen molar-refractivity contribution in [2.24, 2.45) is 0 Å². The van der Waals surface area contributed by atoms with E-state index in [-0.39, 0.29) is 27.4 Å². The number of benzene rings is 2. The molecule has 27 heavy (non-hydrogen) atoms. The number of halogens is 2. The summed E-state index contributed by atoms with van der Waals surface area (Å²) in [6, 6.07) is 9.29. The lowest BCUT2D eigenvalue weighted by molar-refractivity contribution is -0.0587. The maximum absolute atomic E-state index is 13.3. The van der Waals surface area contributed by atoms with Crippen LogP contribution in [0, 0.1) is 11.6 Å². The number of hydrogen-bond donors (Lipinski definition) is 0. The Morgan fingerprint density at radius 2 is 1.67 bits per heavy atom. The van der Waals surface area contributed by atoms with Crippen LogP contribution < -0.4 is 0 Å². The van der Waals surface area contributed by atoms with Crippen molar-refractivity contribution in [2.75, 3.05) is 0 Å². The first-order valence-corrected chi connectivity index (χ1v) is 8.45. The zero-order valence-electron chi connectivity index (χ0n) is 13.3. The van der Waals surface area contributed by atoms with Crippen LogP contribution in [0.4, 0.5) is 8.78 Å². The highest BCUT2D eigenvalue weighted by Crippen LogP contribution is 2.27. The Morgan fingerprint density at radius 1 is 1.00 bits per heavy atom. The molecule has 2 amide bonds. The summed E-state index contributed by atoms with van der Waals surface area (Å²) in [5, 5.41) is 1.96. The summed E-state index contributed by atoms with van der Waals surface area (Å²) < 4.78 is 26.4. The Morgan fingerprint density at radius 3 is 2.30 bits per heavy atom. The van der Waals surface area contributed by atoms with Crippen LogP contribution in [0.5, 0.6) is 0 Å². The molecule has 0 saturated heterocycles. The summed E-state index contributed by atoms with van der Waals surface area (Å²) in [4.78, 5) is 45.6. The van der Waals surface area contributed by atoms with Gasteiger partial charge in [-0.3, -0.25) is 9.59 Å². The fourth-order valence-electron chi connectivity index (χ4n) is 2.51. The van der Waals surface area contributed by atoms with Crippen LogP contribution in [0.15, 0.2) is 47.8 Å². The van der Waals surface area contributed by atoms with Gasteiger partial charge in [-0.25, -0.2) is 18.6 Å². The van der Waals surface area contributed by atoms with Crippen LogP contribution in [0.25, 0.3) is 10.6 Å². The van der Waals surface area contributed by atoms with Crippen molar-refractivity contribution in [3.8, 4) is 10.6 Å². The lowest BCUT2D eigenvalue weighted by atomic mass is 10.1. The Hall–Kier alpha value is -3.46. The number of hydrogen-bond acceptors (Lipinski definition) is 6. The van der Waals surface area contributed by atoms with Crippen LogP contribution >= 0.6 is 11.3 Å². The lowest BCUT2D eigenvalue weighted by Gasteiger charge is -2.11. The fraction of sp³-hybridized carbons (Fsp3) is 0. The largest absolute Gasteiger partial charge is 0.383 e. The predicted octanol–water partition coefficient (Wildman–Crippen LogP) is 3.46. The maximum Gasteiger partial charge on any atom is 0.383 e. The molecule has 0 fully saturated rings. The molecule has 1 aromatic heterocycles. The standard InChI is InChI=1S/C18H8F2N2O4S/c19-12-6-5-9(7-13(12)20)15-21-14(8-27-15)18(25)26-22-16(23)10-3-1-2-4-11(10)17(22)24/h1-8H. The highest BCUT2D eigenvalue weighted by molar-refractivity contribution is 7.13. The van der Waals surface area contributed by atoms with Crippen LogP contribution in [0.3, 0.4) is 0 Å². The maximum atomic E-state index is 13.3. The zero-order valence-corrected chi connectivity index (χ0v) is 14.1. The summed E-state index contributed by atoms with van der Waals surface area (Å²) in [6.45, 7) is 0. The molecule has 9 heteroatoms. The summed E-state index contributed by atoms with van der Waals surface area (Å²) in [5.41, 5.74) is 0.377. The summed E-state index contributed by atoms with van der Waals surface area (Å²) in [5.74, 6) is -4.56. The second-order valence-electron chi connectivity index (χ2n) is 5.50. The number of fused-ring (bicyclic) bond motifs is 1. The molecule has 1 aliphatic heterocycles. The molecule has 0 radical (unpaired) electrons.